The molecule has 0 bridgehead atoms. The van der Waals surface area contributed by atoms with E-state index in [1.54, 1.807) is 0 Å². The van der Waals surface area contributed by atoms with E-state index in [4.69, 9.17) is 10.2 Å². The van der Waals surface area contributed by atoms with Crippen LogP contribution in [0.25, 0.3) is 0 Å². The lowest BCUT2D eigenvalue weighted by Crippen LogP contribution is -2.43. The van der Waals surface area contributed by atoms with Crippen LogP contribution in [0.4, 0.5) is 0 Å². The van der Waals surface area contributed by atoms with Crippen molar-refractivity contribution in [3.63, 3.8) is 0 Å². The summed E-state index contributed by atoms with van der Waals surface area (Å²) in [6.45, 7) is 2.96. The predicted octanol–water partition coefficient (Wildman–Crippen LogP) is -1.15. The highest BCUT2D eigenvalue weighted by Gasteiger charge is 2.24. The minimum Gasteiger partial charge on any atom is -0.396 e. The fraction of sp³-hybridized carbons (Fsp3) is 0.900. The van der Waals surface area contributed by atoms with Crippen LogP contribution in [0, 0.1) is 5.41 Å². The first-order valence-corrected chi connectivity index (χ1v) is 5.31. The van der Waals surface area contributed by atoms with Crippen molar-refractivity contribution in [2.75, 3.05) is 26.3 Å². The summed E-state index contributed by atoms with van der Waals surface area (Å²) in [5.74, 6) is 0.105. The van der Waals surface area contributed by atoms with Crippen LogP contribution in [0.1, 0.15) is 19.8 Å². The highest BCUT2D eigenvalue weighted by atomic mass is 16.3. The quantitative estimate of drug-likeness (QED) is 0.452. The van der Waals surface area contributed by atoms with Crippen molar-refractivity contribution < 1.29 is 15.0 Å². The maximum Gasteiger partial charge on any atom is 0.220 e. The fourth-order valence-electron chi connectivity index (χ4n) is 1.54. The van der Waals surface area contributed by atoms with Crippen molar-refractivity contribution in [3.8, 4) is 0 Å². The molecule has 1 aliphatic rings. The molecular formula is C10H20N2O3. The number of amides is 1. The topological polar surface area (TPSA) is 81.6 Å². The molecule has 4 N–H and O–H groups in total. The van der Waals surface area contributed by atoms with Crippen LogP contribution < -0.4 is 10.6 Å². The third-order valence-electron chi connectivity index (χ3n) is 2.79. The molecule has 0 radical (unpaired) electrons. The molecule has 0 aromatic carbocycles. The smallest absolute Gasteiger partial charge is 0.220 e. The van der Waals surface area contributed by atoms with Crippen LogP contribution in [-0.4, -0.2) is 48.5 Å². The molecule has 88 valence electrons. The standard InChI is InChI=1S/C10H20N2O3/c1-10(6-13,7-14)5-11-4-8-2-3-9(15)12-8/h8,11,13-14H,2-7H2,1H3,(H,12,15). The van der Waals surface area contributed by atoms with Crippen molar-refractivity contribution in [1.29, 1.82) is 0 Å². The van der Waals surface area contributed by atoms with E-state index in [2.05, 4.69) is 10.6 Å². The van der Waals surface area contributed by atoms with Gasteiger partial charge in [-0.1, -0.05) is 6.92 Å². The van der Waals surface area contributed by atoms with E-state index >= 15 is 0 Å². The Labute approximate surface area is 89.9 Å². The molecular weight excluding hydrogens is 196 g/mol. The first-order valence-electron chi connectivity index (χ1n) is 5.31. The van der Waals surface area contributed by atoms with Crippen LogP contribution >= 0.6 is 0 Å². The fourth-order valence-corrected chi connectivity index (χ4v) is 1.54. The summed E-state index contributed by atoms with van der Waals surface area (Å²) in [6.07, 6.45) is 1.46. The molecule has 0 aromatic heterocycles. The van der Waals surface area contributed by atoms with Crippen molar-refractivity contribution in [3.05, 3.63) is 0 Å². The number of rotatable bonds is 6. The minimum absolute atomic E-state index is 0.0481. The molecule has 0 aromatic rings. The van der Waals surface area contributed by atoms with Crippen molar-refractivity contribution in [2.24, 2.45) is 5.41 Å². The second kappa shape index (κ2) is 5.44. The zero-order chi connectivity index (χ0) is 11.3. The Balaban J connectivity index is 2.18. The van der Waals surface area contributed by atoms with Crippen molar-refractivity contribution >= 4 is 5.91 Å². The summed E-state index contributed by atoms with van der Waals surface area (Å²) in [5, 5.41) is 24.1. The number of carbonyl (C=O) groups excluding carboxylic acids is 1. The molecule has 15 heavy (non-hydrogen) atoms. The average Bonchev–Trinajstić information content (AvgIpc) is 2.64. The molecule has 1 atom stereocenters. The average molecular weight is 216 g/mol. The highest BCUT2D eigenvalue weighted by Crippen LogP contribution is 2.12. The lowest BCUT2D eigenvalue weighted by atomic mass is 9.93. The monoisotopic (exact) mass is 216 g/mol. The first-order chi connectivity index (χ1) is 7.09. The van der Waals surface area contributed by atoms with Gasteiger partial charge >= 0.3 is 0 Å². The zero-order valence-electron chi connectivity index (χ0n) is 9.12. The largest absolute Gasteiger partial charge is 0.396 e. The molecule has 1 saturated heterocycles. The number of aliphatic hydroxyl groups excluding tert-OH is 2. The van der Waals surface area contributed by atoms with E-state index in [0.29, 0.717) is 19.5 Å². The van der Waals surface area contributed by atoms with Gasteiger partial charge in [0.05, 0.1) is 13.2 Å². The predicted molar refractivity (Wildman–Crippen MR) is 56.3 cm³/mol. The molecule has 1 unspecified atom stereocenters. The molecule has 1 fully saturated rings. The molecule has 0 spiro atoms. The SMILES string of the molecule is CC(CO)(CO)CNCC1CCC(=O)N1. The van der Waals surface area contributed by atoms with E-state index in [1.807, 2.05) is 6.92 Å². The summed E-state index contributed by atoms with van der Waals surface area (Å²) < 4.78 is 0. The van der Waals surface area contributed by atoms with Gasteiger partial charge in [0.15, 0.2) is 0 Å². The molecule has 5 nitrogen and oxygen atoms in total. The van der Waals surface area contributed by atoms with Crippen LogP contribution in [0.15, 0.2) is 0 Å². The first kappa shape index (κ1) is 12.4. The maximum atomic E-state index is 10.9. The Bertz CT molecular complexity index is 217. The summed E-state index contributed by atoms with van der Waals surface area (Å²) >= 11 is 0. The van der Waals surface area contributed by atoms with Crippen LogP contribution in [0.5, 0.6) is 0 Å². The number of carbonyl (C=O) groups is 1. The maximum absolute atomic E-state index is 10.9. The summed E-state index contributed by atoms with van der Waals surface area (Å²) in [5.41, 5.74) is -0.484. The summed E-state index contributed by atoms with van der Waals surface area (Å²) in [6, 6.07) is 0.194. The normalized spacial score (nSPS) is 21.8. The van der Waals surface area contributed by atoms with E-state index < -0.39 is 5.41 Å². The van der Waals surface area contributed by atoms with Gasteiger partial charge in [0, 0.05) is 31.0 Å². The third kappa shape index (κ3) is 3.77. The summed E-state index contributed by atoms with van der Waals surface area (Å²) in [7, 11) is 0. The number of hydrogen-bond donors (Lipinski definition) is 4. The Morgan fingerprint density at radius 3 is 2.67 bits per heavy atom. The molecule has 1 aliphatic heterocycles. The molecule has 0 aliphatic carbocycles. The Morgan fingerprint density at radius 2 is 2.20 bits per heavy atom. The highest BCUT2D eigenvalue weighted by molar-refractivity contribution is 5.78. The zero-order valence-corrected chi connectivity index (χ0v) is 9.12. The number of hydrogen-bond acceptors (Lipinski definition) is 4. The van der Waals surface area contributed by atoms with Crippen LogP contribution in [0.3, 0.4) is 0 Å². The van der Waals surface area contributed by atoms with Gasteiger partial charge < -0.3 is 20.8 Å². The second-order valence-electron chi connectivity index (χ2n) is 4.56. The van der Waals surface area contributed by atoms with Gasteiger partial charge in [0.1, 0.15) is 0 Å². The van der Waals surface area contributed by atoms with E-state index in [0.717, 1.165) is 6.42 Å². The lowest BCUT2D eigenvalue weighted by Gasteiger charge is -2.25. The van der Waals surface area contributed by atoms with E-state index in [1.165, 1.54) is 0 Å². The van der Waals surface area contributed by atoms with Crippen molar-refractivity contribution in [1.82, 2.24) is 10.6 Å². The molecule has 0 saturated carbocycles. The van der Waals surface area contributed by atoms with Gasteiger partial charge in [-0.3, -0.25) is 4.79 Å². The Hall–Kier alpha value is -0.650. The van der Waals surface area contributed by atoms with Gasteiger partial charge in [-0.15, -0.1) is 0 Å². The van der Waals surface area contributed by atoms with Gasteiger partial charge in [-0.05, 0) is 6.42 Å². The van der Waals surface area contributed by atoms with Gasteiger partial charge in [-0.25, -0.2) is 0 Å². The minimum atomic E-state index is -0.484. The number of aliphatic hydroxyl groups is 2. The van der Waals surface area contributed by atoms with Crippen LogP contribution in [-0.2, 0) is 4.79 Å². The summed E-state index contributed by atoms with van der Waals surface area (Å²) in [4.78, 5) is 10.9. The van der Waals surface area contributed by atoms with Crippen LogP contribution in [0.2, 0.25) is 0 Å². The van der Waals surface area contributed by atoms with E-state index in [-0.39, 0.29) is 25.2 Å². The van der Waals surface area contributed by atoms with Crippen molar-refractivity contribution in [2.45, 2.75) is 25.8 Å². The Kier molecular flexibility index (Phi) is 4.50. The third-order valence-corrected chi connectivity index (χ3v) is 2.79. The number of nitrogens with one attached hydrogen (secondary N) is 2. The molecule has 1 rings (SSSR count). The van der Waals surface area contributed by atoms with Gasteiger partial charge in [0.2, 0.25) is 5.91 Å². The lowest BCUT2D eigenvalue weighted by molar-refractivity contribution is -0.119. The van der Waals surface area contributed by atoms with Gasteiger partial charge in [-0.2, -0.15) is 0 Å². The van der Waals surface area contributed by atoms with Gasteiger partial charge in [0.25, 0.3) is 0 Å². The second-order valence-corrected chi connectivity index (χ2v) is 4.56. The molecule has 1 heterocycles. The van der Waals surface area contributed by atoms with E-state index in [9.17, 15) is 4.79 Å². The Morgan fingerprint density at radius 1 is 1.53 bits per heavy atom. The molecule has 5 heteroatoms. The molecule has 1 amide bonds.